The van der Waals surface area contributed by atoms with Crippen LogP contribution in [0.2, 0.25) is 0 Å². The highest BCUT2D eigenvalue weighted by Gasteiger charge is 1.98. The second-order valence-corrected chi connectivity index (χ2v) is 2.81. The van der Waals surface area contributed by atoms with Crippen LogP contribution in [-0.4, -0.2) is 15.0 Å². The first-order chi connectivity index (χ1) is 6.40. The Morgan fingerprint density at radius 3 is 2.62 bits per heavy atom. The number of aryl methyl sites for hydroxylation is 1. The standard InChI is InChI=1S/C10H11N3/c1-2-9-8-11-13(12-9)10-6-4-3-5-7-10/h3-8H,2H2,1H3. The zero-order valence-electron chi connectivity index (χ0n) is 7.51. The molecule has 0 unspecified atom stereocenters. The summed E-state index contributed by atoms with van der Waals surface area (Å²) in [7, 11) is 0. The molecule has 0 aliphatic heterocycles. The van der Waals surface area contributed by atoms with E-state index in [-0.39, 0.29) is 0 Å². The molecule has 2 aromatic rings. The van der Waals surface area contributed by atoms with Crippen molar-refractivity contribution >= 4 is 0 Å². The maximum Gasteiger partial charge on any atom is 0.0856 e. The number of benzene rings is 1. The number of nitrogens with zero attached hydrogens (tertiary/aromatic N) is 3. The zero-order valence-corrected chi connectivity index (χ0v) is 7.51. The van der Waals surface area contributed by atoms with E-state index in [0.717, 1.165) is 17.8 Å². The van der Waals surface area contributed by atoms with E-state index in [2.05, 4.69) is 17.1 Å². The summed E-state index contributed by atoms with van der Waals surface area (Å²) in [6, 6.07) is 9.90. The number of hydrogen-bond acceptors (Lipinski definition) is 2. The SMILES string of the molecule is CCc1cnn(-c2ccccc2)n1. The zero-order chi connectivity index (χ0) is 9.10. The van der Waals surface area contributed by atoms with Gasteiger partial charge in [0, 0.05) is 0 Å². The van der Waals surface area contributed by atoms with E-state index >= 15 is 0 Å². The van der Waals surface area contributed by atoms with Crippen LogP contribution in [0.15, 0.2) is 36.5 Å². The lowest BCUT2D eigenvalue weighted by molar-refractivity contribution is 0.740. The van der Waals surface area contributed by atoms with Crippen molar-refractivity contribution < 1.29 is 0 Å². The Hall–Kier alpha value is -1.64. The molecule has 0 N–H and O–H groups in total. The fraction of sp³-hybridized carbons (Fsp3) is 0.200. The van der Waals surface area contributed by atoms with E-state index in [0.29, 0.717) is 0 Å². The lowest BCUT2D eigenvalue weighted by atomic mass is 10.3. The monoisotopic (exact) mass is 173 g/mol. The second kappa shape index (κ2) is 3.39. The van der Waals surface area contributed by atoms with Gasteiger partial charge in [-0.05, 0) is 18.6 Å². The van der Waals surface area contributed by atoms with E-state index in [1.165, 1.54) is 0 Å². The number of aromatic nitrogens is 3. The summed E-state index contributed by atoms with van der Waals surface area (Å²) in [6.07, 6.45) is 2.72. The predicted molar refractivity (Wildman–Crippen MR) is 50.7 cm³/mol. The van der Waals surface area contributed by atoms with Gasteiger partial charge in [-0.3, -0.25) is 0 Å². The van der Waals surface area contributed by atoms with E-state index < -0.39 is 0 Å². The third-order valence-corrected chi connectivity index (χ3v) is 1.89. The molecule has 0 bridgehead atoms. The summed E-state index contributed by atoms with van der Waals surface area (Å²) in [5, 5.41) is 8.47. The lowest BCUT2D eigenvalue weighted by Crippen LogP contribution is -1.98. The van der Waals surface area contributed by atoms with Crippen LogP contribution in [0, 0.1) is 0 Å². The molecule has 2 rings (SSSR count). The normalized spacial score (nSPS) is 10.2. The van der Waals surface area contributed by atoms with E-state index in [1.54, 1.807) is 11.0 Å². The Bertz CT molecular complexity index is 378. The van der Waals surface area contributed by atoms with Gasteiger partial charge in [0.15, 0.2) is 0 Å². The molecule has 1 aromatic heterocycles. The van der Waals surface area contributed by atoms with Gasteiger partial charge in [-0.15, -0.1) is 0 Å². The minimum Gasteiger partial charge on any atom is -0.157 e. The van der Waals surface area contributed by atoms with Gasteiger partial charge in [0.25, 0.3) is 0 Å². The van der Waals surface area contributed by atoms with E-state index in [9.17, 15) is 0 Å². The molecule has 0 spiro atoms. The summed E-state index contributed by atoms with van der Waals surface area (Å²) >= 11 is 0. The van der Waals surface area contributed by atoms with Crippen LogP contribution >= 0.6 is 0 Å². The highest BCUT2D eigenvalue weighted by atomic mass is 15.5. The Kier molecular flexibility index (Phi) is 2.08. The van der Waals surface area contributed by atoms with Crippen molar-refractivity contribution in [2.75, 3.05) is 0 Å². The number of para-hydroxylation sites is 1. The fourth-order valence-corrected chi connectivity index (χ4v) is 1.14. The summed E-state index contributed by atoms with van der Waals surface area (Å²) in [6.45, 7) is 2.07. The number of rotatable bonds is 2. The molecular formula is C10H11N3. The average molecular weight is 173 g/mol. The van der Waals surface area contributed by atoms with Crippen LogP contribution in [0.3, 0.4) is 0 Å². The second-order valence-electron chi connectivity index (χ2n) is 2.81. The molecule has 0 aliphatic carbocycles. The lowest BCUT2D eigenvalue weighted by Gasteiger charge is -1.96. The van der Waals surface area contributed by atoms with Gasteiger partial charge in [0.2, 0.25) is 0 Å². The molecule has 13 heavy (non-hydrogen) atoms. The van der Waals surface area contributed by atoms with Crippen LogP contribution in [0.5, 0.6) is 0 Å². The first-order valence-corrected chi connectivity index (χ1v) is 4.37. The minimum absolute atomic E-state index is 0.923. The molecule has 3 heteroatoms. The van der Waals surface area contributed by atoms with Crippen molar-refractivity contribution in [2.45, 2.75) is 13.3 Å². The Labute approximate surface area is 77.0 Å². The summed E-state index contributed by atoms with van der Waals surface area (Å²) in [4.78, 5) is 1.65. The van der Waals surface area contributed by atoms with Gasteiger partial charge in [-0.25, -0.2) is 0 Å². The molecular weight excluding hydrogens is 162 g/mol. The van der Waals surface area contributed by atoms with Crippen LogP contribution in [0.4, 0.5) is 0 Å². The highest BCUT2D eigenvalue weighted by molar-refractivity contribution is 5.28. The molecule has 0 aliphatic rings. The smallest absolute Gasteiger partial charge is 0.0856 e. The van der Waals surface area contributed by atoms with Crippen molar-refractivity contribution in [3.05, 3.63) is 42.2 Å². The predicted octanol–water partition coefficient (Wildman–Crippen LogP) is 1.83. The van der Waals surface area contributed by atoms with Crippen LogP contribution < -0.4 is 0 Å². The van der Waals surface area contributed by atoms with Gasteiger partial charge in [0.1, 0.15) is 0 Å². The fourth-order valence-electron chi connectivity index (χ4n) is 1.14. The number of hydrogen-bond donors (Lipinski definition) is 0. The summed E-state index contributed by atoms with van der Waals surface area (Å²) in [5.41, 5.74) is 2.02. The Balaban J connectivity index is 2.36. The third-order valence-electron chi connectivity index (χ3n) is 1.89. The average Bonchev–Trinajstić information content (AvgIpc) is 2.67. The van der Waals surface area contributed by atoms with Crippen molar-refractivity contribution in [3.8, 4) is 5.69 Å². The van der Waals surface area contributed by atoms with E-state index in [1.807, 2.05) is 30.3 Å². The maximum absolute atomic E-state index is 4.30. The highest BCUT2D eigenvalue weighted by Crippen LogP contribution is 2.03. The van der Waals surface area contributed by atoms with Crippen LogP contribution in [0.25, 0.3) is 5.69 Å². The molecule has 0 fully saturated rings. The largest absolute Gasteiger partial charge is 0.157 e. The van der Waals surface area contributed by atoms with Crippen LogP contribution in [0.1, 0.15) is 12.6 Å². The Morgan fingerprint density at radius 2 is 2.00 bits per heavy atom. The van der Waals surface area contributed by atoms with Gasteiger partial charge in [-0.1, -0.05) is 25.1 Å². The first-order valence-electron chi connectivity index (χ1n) is 4.37. The van der Waals surface area contributed by atoms with Gasteiger partial charge < -0.3 is 0 Å². The molecule has 0 atom stereocenters. The minimum atomic E-state index is 0.923. The summed E-state index contributed by atoms with van der Waals surface area (Å²) < 4.78 is 0. The molecule has 66 valence electrons. The van der Waals surface area contributed by atoms with Crippen molar-refractivity contribution in [1.82, 2.24) is 15.0 Å². The molecule has 0 saturated heterocycles. The van der Waals surface area contributed by atoms with Crippen LogP contribution in [-0.2, 0) is 6.42 Å². The molecule has 3 nitrogen and oxygen atoms in total. The summed E-state index contributed by atoms with van der Waals surface area (Å²) in [5.74, 6) is 0. The maximum atomic E-state index is 4.30. The molecule has 1 heterocycles. The molecule has 0 saturated carbocycles. The van der Waals surface area contributed by atoms with Crippen molar-refractivity contribution in [3.63, 3.8) is 0 Å². The van der Waals surface area contributed by atoms with Gasteiger partial charge >= 0.3 is 0 Å². The van der Waals surface area contributed by atoms with Gasteiger partial charge in [-0.2, -0.15) is 15.0 Å². The molecule has 0 amide bonds. The first kappa shape index (κ1) is 7.98. The Morgan fingerprint density at radius 1 is 1.23 bits per heavy atom. The van der Waals surface area contributed by atoms with E-state index in [4.69, 9.17) is 0 Å². The van der Waals surface area contributed by atoms with Crippen molar-refractivity contribution in [1.29, 1.82) is 0 Å². The van der Waals surface area contributed by atoms with Gasteiger partial charge in [0.05, 0.1) is 17.6 Å². The van der Waals surface area contributed by atoms with Crippen molar-refractivity contribution in [2.24, 2.45) is 0 Å². The third kappa shape index (κ3) is 1.59. The topological polar surface area (TPSA) is 30.7 Å². The molecule has 1 aromatic carbocycles. The molecule has 0 radical (unpaired) electrons. The quantitative estimate of drug-likeness (QED) is 0.693.